The summed E-state index contributed by atoms with van der Waals surface area (Å²) in [6.45, 7) is 11.7. The van der Waals surface area contributed by atoms with Crippen LogP contribution in [0.5, 0.6) is 17.2 Å². The lowest BCUT2D eigenvalue weighted by molar-refractivity contribution is -0.138. The molecule has 6 heteroatoms. The molecule has 2 aromatic carbocycles. The molecule has 2 rings (SSSR count). The van der Waals surface area contributed by atoms with E-state index in [4.69, 9.17) is 9.47 Å². The lowest BCUT2D eigenvalue weighted by atomic mass is 10.1. The number of ether oxygens (including phenoxy) is 3. The van der Waals surface area contributed by atoms with E-state index in [2.05, 4.69) is 4.74 Å². The van der Waals surface area contributed by atoms with Crippen LogP contribution in [-0.4, -0.2) is 21.3 Å². The van der Waals surface area contributed by atoms with Crippen LogP contribution in [0.4, 0.5) is 13.2 Å². The first kappa shape index (κ1) is 27.8. The summed E-state index contributed by atoms with van der Waals surface area (Å²) in [5.74, 6) is 1.43. The Labute approximate surface area is 167 Å². The van der Waals surface area contributed by atoms with Gasteiger partial charge in [-0.1, -0.05) is 39.8 Å². The molecule has 0 heterocycles. The third-order valence-electron chi connectivity index (χ3n) is 3.20. The van der Waals surface area contributed by atoms with Crippen LogP contribution in [0.1, 0.15) is 44.4 Å². The number of benzene rings is 2. The second-order valence-corrected chi connectivity index (χ2v) is 5.06. The number of aryl methyl sites for hydroxylation is 2. The first-order chi connectivity index (χ1) is 13.2. The van der Waals surface area contributed by atoms with E-state index in [0.29, 0.717) is 0 Å². The van der Waals surface area contributed by atoms with Crippen molar-refractivity contribution in [2.45, 2.75) is 47.7 Å². The van der Waals surface area contributed by atoms with Crippen LogP contribution in [0.25, 0.3) is 0 Å². The highest BCUT2D eigenvalue weighted by molar-refractivity contribution is 5.42. The first-order valence-corrected chi connectivity index (χ1v) is 9.13. The highest BCUT2D eigenvalue weighted by Gasteiger charge is 2.33. The molecule has 3 nitrogen and oxygen atoms in total. The van der Waals surface area contributed by atoms with Gasteiger partial charge in [0.1, 0.15) is 5.75 Å². The van der Waals surface area contributed by atoms with E-state index in [1.54, 1.807) is 21.1 Å². The Balaban J connectivity index is 0. The third-order valence-corrected chi connectivity index (χ3v) is 3.20. The average molecular weight is 402 g/mol. The fraction of sp³-hybridized carbons (Fsp3) is 0.455. The minimum absolute atomic E-state index is 0.132. The Morgan fingerprint density at radius 1 is 0.607 bits per heavy atom. The molecule has 0 saturated carbocycles. The number of rotatable bonds is 3. The van der Waals surface area contributed by atoms with E-state index in [-0.39, 0.29) is 5.75 Å². The van der Waals surface area contributed by atoms with Gasteiger partial charge >= 0.3 is 6.18 Å². The van der Waals surface area contributed by atoms with Crippen LogP contribution in [0, 0.1) is 13.8 Å². The SMILES string of the molecule is CC.CC.COc1cc(C)ccc1C(F)(F)F.COc1ccc(C)cc1OC. The predicted octanol–water partition coefficient (Wildman–Crippen LogP) is 7.09. The Morgan fingerprint density at radius 3 is 1.39 bits per heavy atom. The van der Waals surface area contributed by atoms with E-state index >= 15 is 0 Å². The molecule has 0 N–H and O–H groups in total. The van der Waals surface area contributed by atoms with Crippen molar-refractivity contribution in [1.29, 1.82) is 0 Å². The van der Waals surface area contributed by atoms with Crippen molar-refractivity contribution >= 4 is 0 Å². The maximum Gasteiger partial charge on any atom is 0.419 e. The summed E-state index contributed by atoms with van der Waals surface area (Å²) in [5.41, 5.74) is 1.17. The monoisotopic (exact) mass is 402 g/mol. The van der Waals surface area contributed by atoms with E-state index in [0.717, 1.165) is 23.1 Å². The van der Waals surface area contributed by atoms with Gasteiger partial charge < -0.3 is 14.2 Å². The molecule has 0 unspecified atom stereocenters. The van der Waals surface area contributed by atoms with Gasteiger partial charge in [-0.3, -0.25) is 0 Å². The largest absolute Gasteiger partial charge is 0.496 e. The number of methoxy groups -OCH3 is 3. The van der Waals surface area contributed by atoms with Gasteiger partial charge in [0.05, 0.1) is 26.9 Å². The summed E-state index contributed by atoms with van der Waals surface area (Å²) in [6, 6.07) is 9.62. The highest BCUT2D eigenvalue weighted by Crippen LogP contribution is 2.36. The second-order valence-electron chi connectivity index (χ2n) is 5.06. The molecule has 28 heavy (non-hydrogen) atoms. The zero-order valence-corrected chi connectivity index (χ0v) is 18.3. The number of alkyl halides is 3. The molecule has 160 valence electrons. The van der Waals surface area contributed by atoms with Gasteiger partial charge in [-0.15, -0.1) is 0 Å². The van der Waals surface area contributed by atoms with E-state index in [1.165, 1.54) is 24.8 Å². The predicted molar refractivity (Wildman–Crippen MR) is 110 cm³/mol. The summed E-state index contributed by atoms with van der Waals surface area (Å²) < 4.78 is 51.7. The van der Waals surface area contributed by atoms with Gasteiger partial charge in [0, 0.05) is 0 Å². The van der Waals surface area contributed by atoms with Crippen molar-refractivity contribution in [3.63, 3.8) is 0 Å². The molecule has 0 fully saturated rings. The smallest absolute Gasteiger partial charge is 0.419 e. The minimum Gasteiger partial charge on any atom is -0.496 e. The van der Waals surface area contributed by atoms with Crippen LogP contribution in [0.2, 0.25) is 0 Å². The van der Waals surface area contributed by atoms with Gasteiger partial charge in [-0.2, -0.15) is 13.2 Å². The van der Waals surface area contributed by atoms with Crippen molar-refractivity contribution in [3.05, 3.63) is 53.1 Å². The molecule has 0 aromatic heterocycles. The molecule has 0 aliphatic rings. The van der Waals surface area contributed by atoms with Crippen molar-refractivity contribution in [2.24, 2.45) is 0 Å². The normalized spacial score (nSPS) is 9.43. The number of halogens is 3. The topological polar surface area (TPSA) is 27.7 Å². The summed E-state index contributed by atoms with van der Waals surface area (Å²) in [7, 11) is 4.49. The van der Waals surface area contributed by atoms with E-state index in [1.807, 2.05) is 52.8 Å². The van der Waals surface area contributed by atoms with Gasteiger partial charge in [-0.05, 0) is 49.2 Å². The van der Waals surface area contributed by atoms with Crippen molar-refractivity contribution in [3.8, 4) is 17.2 Å². The maximum absolute atomic E-state index is 12.3. The molecule has 0 bridgehead atoms. The lowest BCUT2D eigenvalue weighted by Crippen LogP contribution is -2.07. The van der Waals surface area contributed by atoms with Gasteiger partial charge in [0.2, 0.25) is 0 Å². The summed E-state index contributed by atoms with van der Waals surface area (Å²) in [4.78, 5) is 0. The molecule has 0 aliphatic heterocycles. The quantitative estimate of drug-likeness (QED) is 0.549. The molecule has 0 saturated heterocycles. The minimum atomic E-state index is -4.35. The summed E-state index contributed by atoms with van der Waals surface area (Å²) in [5, 5.41) is 0. The first-order valence-electron chi connectivity index (χ1n) is 9.13. The highest BCUT2D eigenvalue weighted by atomic mass is 19.4. The Morgan fingerprint density at radius 2 is 1.00 bits per heavy atom. The molecular weight excluding hydrogens is 369 g/mol. The fourth-order valence-corrected chi connectivity index (χ4v) is 1.98. The van der Waals surface area contributed by atoms with E-state index in [9.17, 15) is 13.2 Å². The lowest BCUT2D eigenvalue weighted by Gasteiger charge is -2.11. The van der Waals surface area contributed by atoms with Crippen molar-refractivity contribution < 1.29 is 27.4 Å². The van der Waals surface area contributed by atoms with Crippen LogP contribution in [0.3, 0.4) is 0 Å². The summed E-state index contributed by atoms with van der Waals surface area (Å²) in [6.07, 6.45) is -4.35. The molecule has 0 spiro atoms. The molecule has 2 aromatic rings. The van der Waals surface area contributed by atoms with Crippen LogP contribution in [-0.2, 0) is 6.18 Å². The van der Waals surface area contributed by atoms with Gasteiger partial charge in [0.15, 0.2) is 11.5 Å². The fourth-order valence-electron chi connectivity index (χ4n) is 1.98. The van der Waals surface area contributed by atoms with Gasteiger partial charge in [-0.25, -0.2) is 0 Å². The van der Waals surface area contributed by atoms with Crippen molar-refractivity contribution in [1.82, 2.24) is 0 Å². The van der Waals surface area contributed by atoms with Crippen LogP contribution < -0.4 is 14.2 Å². The molecule has 0 aliphatic carbocycles. The third kappa shape index (κ3) is 9.53. The molecule has 0 amide bonds. The number of hydrogen-bond donors (Lipinski definition) is 0. The second kappa shape index (κ2) is 14.7. The molecular formula is C22H33F3O3. The zero-order valence-electron chi connectivity index (χ0n) is 18.3. The number of hydrogen-bond acceptors (Lipinski definition) is 3. The molecule has 0 radical (unpaired) electrons. The van der Waals surface area contributed by atoms with E-state index < -0.39 is 11.7 Å². The zero-order chi connectivity index (χ0) is 22.3. The maximum atomic E-state index is 12.3. The van der Waals surface area contributed by atoms with Crippen molar-refractivity contribution in [2.75, 3.05) is 21.3 Å². The van der Waals surface area contributed by atoms with Crippen LogP contribution in [0.15, 0.2) is 36.4 Å². The molecule has 0 atom stereocenters. The van der Waals surface area contributed by atoms with Crippen LogP contribution >= 0.6 is 0 Å². The Bertz CT molecular complexity index is 669. The Kier molecular flexibility index (Phi) is 14.6. The Hall–Kier alpha value is -2.37. The average Bonchev–Trinajstić information content (AvgIpc) is 2.70. The van der Waals surface area contributed by atoms with Gasteiger partial charge in [0.25, 0.3) is 0 Å². The standard InChI is InChI=1S/C9H9F3O.C9H12O2.2C2H6/c1-6-3-4-7(9(10,11)12)8(5-6)13-2;1-7-4-5-8(10-2)9(6-7)11-3;2*1-2/h3-5H,1-2H3;4-6H,1-3H3;2*1-2H3. The summed E-state index contributed by atoms with van der Waals surface area (Å²) >= 11 is 0.